The number of ether oxygens (including phenoxy) is 1. The molecule has 0 N–H and O–H groups in total. The van der Waals surface area contributed by atoms with Crippen LogP contribution in [0.1, 0.15) is 51.8 Å². The van der Waals surface area contributed by atoms with Crippen molar-refractivity contribution in [3.05, 3.63) is 95.1 Å². The molecule has 1 saturated heterocycles. The molecule has 3 aliphatic rings. The predicted molar refractivity (Wildman–Crippen MR) is 144 cm³/mol. The number of hydrogen-bond acceptors (Lipinski definition) is 4. The number of rotatable bonds is 5. The molecule has 37 heavy (non-hydrogen) atoms. The third kappa shape index (κ3) is 4.24. The highest BCUT2D eigenvalue weighted by Crippen LogP contribution is 2.48. The number of methoxy groups -OCH3 is 1. The molecule has 1 saturated carbocycles. The van der Waals surface area contributed by atoms with Crippen molar-refractivity contribution in [3.63, 3.8) is 0 Å². The molecular weight excluding hydrogens is 462 g/mol. The van der Waals surface area contributed by atoms with E-state index >= 15 is 0 Å². The SMILES string of the molecule is COc1ccccc1N1CCN(C(=O)[C@@H]2c3ccccc3C(=O)N(C3CC3)[C@H]2c2cccc(C)c2)CC1. The van der Waals surface area contributed by atoms with E-state index in [2.05, 4.69) is 36.1 Å². The maximum atomic E-state index is 14.4. The van der Waals surface area contributed by atoms with Gasteiger partial charge in [0, 0.05) is 37.8 Å². The number of hydrogen-bond donors (Lipinski definition) is 0. The molecule has 0 unspecified atom stereocenters. The molecule has 2 aliphatic heterocycles. The fourth-order valence-corrected chi connectivity index (χ4v) is 6.04. The Balaban J connectivity index is 1.34. The molecule has 2 heterocycles. The van der Waals surface area contributed by atoms with Crippen molar-refractivity contribution in [2.75, 3.05) is 38.2 Å². The van der Waals surface area contributed by atoms with Gasteiger partial charge in [-0.15, -0.1) is 0 Å². The monoisotopic (exact) mass is 495 g/mol. The number of nitrogens with zero attached hydrogens (tertiary/aromatic N) is 3. The maximum Gasteiger partial charge on any atom is 0.254 e. The average Bonchev–Trinajstić information content (AvgIpc) is 3.78. The quantitative estimate of drug-likeness (QED) is 0.511. The molecule has 2 fully saturated rings. The first-order valence-corrected chi connectivity index (χ1v) is 13.2. The summed E-state index contributed by atoms with van der Waals surface area (Å²) in [5.41, 5.74) is 4.76. The van der Waals surface area contributed by atoms with E-state index in [1.165, 1.54) is 0 Å². The van der Waals surface area contributed by atoms with Gasteiger partial charge in [-0.3, -0.25) is 9.59 Å². The van der Waals surface area contributed by atoms with Gasteiger partial charge in [-0.1, -0.05) is 60.2 Å². The third-order valence-corrected chi connectivity index (χ3v) is 7.98. The Morgan fingerprint density at radius 1 is 0.892 bits per heavy atom. The van der Waals surface area contributed by atoms with E-state index < -0.39 is 5.92 Å². The fraction of sp³-hybridized carbons (Fsp3) is 0.355. The molecular formula is C31H33N3O3. The van der Waals surface area contributed by atoms with Gasteiger partial charge >= 0.3 is 0 Å². The van der Waals surface area contributed by atoms with Gasteiger partial charge in [-0.05, 0) is 49.1 Å². The molecule has 6 heteroatoms. The lowest BCUT2D eigenvalue weighted by Crippen LogP contribution is -2.53. The van der Waals surface area contributed by atoms with Crippen LogP contribution in [0.3, 0.4) is 0 Å². The topological polar surface area (TPSA) is 53.1 Å². The zero-order chi connectivity index (χ0) is 25.5. The molecule has 0 radical (unpaired) electrons. The van der Waals surface area contributed by atoms with E-state index in [1.807, 2.05) is 58.3 Å². The number of benzene rings is 3. The summed E-state index contributed by atoms with van der Waals surface area (Å²) in [7, 11) is 1.69. The van der Waals surface area contributed by atoms with Gasteiger partial charge in [0.05, 0.1) is 24.8 Å². The molecule has 6 nitrogen and oxygen atoms in total. The summed E-state index contributed by atoms with van der Waals surface area (Å²) in [5.74, 6) is 0.585. The molecule has 3 aromatic carbocycles. The predicted octanol–water partition coefficient (Wildman–Crippen LogP) is 4.80. The fourth-order valence-electron chi connectivity index (χ4n) is 6.04. The smallest absolute Gasteiger partial charge is 0.254 e. The molecule has 0 aromatic heterocycles. The van der Waals surface area contributed by atoms with Crippen molar-refractivity contribution in [1.82, 2.24) is 9.80 Å². The van der Waals surface area contributed by atoms with Crippen molar-refractivity contribution >= 4 is 17.5 Å². The summed E-state index contributed by atoms with van der Waals surface area (Å²) in [5, 5.41) is 0. The number of fused-ring (bicyclic) bond motifs is 1. The standard InChI is InChI=1S/C31H33N3O3/c1-21-8-7-9-22(20-21)29-28(24-10-3-4-11-25(24)30(35)34(29)23-14-15-23)31(36)33-18-16-32(17-19-33)26-12-5-6-13-27(26)37-2/h3-13,20,23,28-29H,14-19H2,1-2H3/t28-,29+/m1/s1. The van der Waals surface area contributed by atoms with Gasteiger partial charge in [-0.25, -0.2) is 0 Å². The van der Waals surface area contributed by atoms with Crippen molar-refractivity contribution < 1.29 is 14.3 Å². The summed E-state index contributed by atoms with van der Waals surface area (Å²) in [4.78, 5) is 34.4. The zero-order valence-corrected chi connectivity index (χ0v) is 21.5. The molecule has 1 aliphatic carbocycles. The van der Waals surface area contributed by atoms with Gasteiger partial charge < -0.3 is 19.4 Å². The summed E-state index contributed by atoms with van der Waals surface area (Å²) >= 11 is 0. The average molecular weight is 496 g/mol. The molecule has 3 aromatic rings. The van der Waals surface area contributed by atoms with E-state index in [4.69, 9.17) is 4.74 Å². The third-order valence-electron chi connectivity index (χ3n) is 7.98. The van der Waals surface area contributed by atoms with Gasteiger partial charge in [0.15, 0.2) is 0 Å². The van der Waals surface area contributed by atoms with E-state index in [9.17, 15) is 9.59 Å². The number of para-hydroxylation sites is 2. The summed E-state index contributed by atoms with van der Waals surface area (Å²) < 4.78 is 5.57. The van der Waals surface area contributed by atoms with E-state index in [-0.39, 0.29) is 23.9 Å². The van der Waals surface area contributed by atoms with Crippen LogP contribution in [-0.4, -0.2) is 60.9 Å². The van der Waals surface area contributed by atoms with Crippen molar-refractivity contribution in [2.24, 2.45) is 0 Å². The van der Waals surface area contributed by atoms with Crippen LogP contribution in [0.4, 0.5) is 5.69 Å². The van der Waals surface area contributed by atoms with Crippen LogP contribution in [0.2, 0.25) is 0 Å². The van der Waals surface area contributed by atoms with Gasteiger partial charge in [0.1, 0.15) is 5.75 Å². The number of aryl methyl sites for hydroxylation is 1. The van der Waals surface area contributed by atoms with Gasteiger partial charge in [0.25, 0.3) is 5.91 Å². The van der Waals surface area contributed by atoms with Crippen LogP contribution >= 0.6 is 0 Å². The van der Waals surface area contributed by atoms with Crippen LogP contribution in [-0.2, 0) is 4.79 Å². The Morgan fingerprint density at radius 2 is 1.62 bits per heavy atom. The van der Waals surface area contributed by atoms with Crippen molar-refractivity contribution in [2.45, 2.75) is 37.8 Å². The van der Waals surface area contributed by atoms with Crippen molar-refractivity contribution in [3.8, 4) is 5.75 Å². The minimum Gasteiger partial charge on any atom is -0.495 e. The minimum atomic E-state index is -0.422. The van der Waals surface area contributed by atoms with Crippen LogP contribution in [0.15, 0.2) is 72.8 Å². The van der Waals surface area contributed by atoms with Crippen LogP contribution in [0.5, 0.6) is 5.75 Å². The number of carbonyl (C=O) groups excluding carboxylic acids is 2. The van der Waals surface area contributed by atoms with Gasteiger partial charge in [-0.2, -0.15) is 0 Å². The van der Waals surface area contributed by atoms with Crippen molar-refractivity contribution in [1.29, 1.82) is 0 Å². The summed E-state index contributed by atoms with van der Waals surface area (Å²) in [6.07, 6.45) is 1.99. The van der Waals surface area contributed by atoms with Crippen LogP contribution < -0.4 is 9.64 Å². The molecule has 190 valence electrons. The van der Waals surface area contributed by atoms with E-state index in [1.54, 1.807) is 7.11 Å². The first-order chi connectivity index (χ1) is 18.1. The zero-order valence-electron chi connectivity index (χ0n) is 21.5. The lowest BCUT2D eigenvalue weighted by molar-refractivity contribution is -0.135. The maximum absolute atomic E-state index is 14.4. The number of amides is 2. The Bertz CT molecular complexity index is 1330. The second-order valence-electron chi connectivity index (χ2n) is 10.4. The van der Waals surface area contributed by atoms with E-state index in [0.717, 1.165) is 54.1 Å². The normalized spacial score (nSPS) is 21.6. The number of piperazine rings is 1. The van der Waals surface area contributed by atoms with Crippen LogP contribution in [0.25, 0.3) is 0 Å². The Hall–Kier alpha value is -3.80. The molecule has 0 bridgehead atoms. The highest BCUT2D eigenvalue weighted by Gasteiger charge is 2.50. The lowest BCUT2D eigenvalue weighted by Gasteiger charge is -2.45. The highest BCUT2D eigenvalue weighted by molar-refractivity contribution is 6.01. The summed E-state index contributed by atoms with van der Waals surface area (Å²) in [6, 6.07) is 24.0. The highest BCUT2D eigenvalue weighted by atomic mass is 16.5. The lowest BCUT2D eigenvalue weighted by atomic mass is 9.78. The first-order valence-electron chi connectivity index (χ1n) is 13.2. The second kappa shape index (κ2) is 9.58. The minimum absolute atomic E-state index is 0.0506. The van der Waals surface area contributed by atoms with Gasteiger partial charge in [0.2, 0.25) is 5.91 Å². The molecule has 6 rings (SSSR count). The van der Waals surface area contributed by atoms with Crippen LogP contribution in [0, 0.1) is 6.92 Å². The number of carbonyl (C=O) groups is 2. The Labute approximate surface area is 218 Å². The summed E-state index contributed by atoms with van der Waals surface area (Å²) in [6.45, 7) is 4.81. The largest absolute Gasteiger partial charge is 0.495 e. The second-order valence-corrected chi connectivity index (χ2v) is 10.4. The van der Waals surface area contributed by atoms with E-state index in [0.29, 0.717) is 18.7 Å². The number of anilines is 1. The Morgan fingerprint density at radius 3 is 2.35 bits per heavy atom. The molecule has 2 atom stereocenters. The Kier molecular flexibility index (Phi) is 6.11. The molecule has 0 spiro atoms. The first kappa shape index (κ1) is 23.6. The molecule has 2 amide bonds.